The van der Waals surface area contributed by atoms with Crippen LogP contribution in [-0.4, -0.2) is 10.2 Å². The molecule has 0 fully saturated rings. The van der Waals surface area contributed by atoms with Crippen LogP contribution in [0.15, 0.2) is 24.3 Å². The Morgan fingerprint density at radius 3 is 2.90 bits per heavy atom. The number of nitrogens with one attached hydrogen (secondary N) is 1. The summed E-state index contributed by atoms with van der Waals surface area (Å²) in [6.45, 7) is 0. The molecule has 2 nitrogen and oxygen atoms in total. The first-order chi connectivity index (χ1) is 4.47. The van der Waals surface area contributed by atoms with Gasteiger partial charge in [-0.05, 0) is 11.7 Å². The standard InChI is InChI=1S/C7H5N2.Rb/c1-2-4-7-6(3-1)5-8-9-7;/h1-4H,(H,8,9);/q-1;+1. The second-order valence-electron chi connectivity index (χ2n) is 1.88. The topological polar surface area (TPSA) is 28.7 Å². The van der Waals surface area contributed by atoms with Crippen molar-refractivity contribution in [2.45, 2.75) is 0 Å². The van der Waals surface area contributed by atoms with Crippen molar-refractivity contribution in [1.29, 1.82) is 0 Å². The Morgan fingerprint density at radius 1 is 1.30 bits per heavy atom. The van der Waals surface area contributed by atoms with Crippen LogP contribution < -0.4 is 58.2 Å². The van der Waals surface area contributed by atoms with Crippen LogP contribution >= 0.6 is 0 Å². The number of para-hydroxylation sites is 1. The van der Waals surface area contributed by atoms with Gasteiger partial charge in [-0.1, -0.05) is 12.1 Å². The first-order valence-corrected chi connectivity index (χ1v) is 2.77. The third kappa shape index (κ3) is 1.56. The van der Waals surface area contributed by atoms with Gasteiger partial charge < -0.3 is 5.10 Å². The van der Waals surface area contributed by atoms with Crippen LogP contribution in [0.2, 0.25) is 0 Å². The zero-order valence-corrected chi connectivity index (χ0v) is 10.7. The molecule has 1 heterocycles. The number of aromatic nitrogens is 2. The summed E-state index contributed by atoms with van der Waals surface area (Å²) >= 11 is 0. The first kappa shape index (κ1) is 8.59. The maximum Gasteiger partial charge on any atom is 1.00 e. The van der Waals surface area contributed by atoms with Crippen molar-refractivity contribution in [3.63, 3.8) is 0 Å². The Kier molecular flexibility index (Phi) is 3.23. The zero-order valence-electron chi connectivity index (χ0n) is 5.76. The molecule has 0 aliphatic carbocycles. The van der Waals surface area contributed by atoms with E-state index in [1.807, 2.05) is 24.3 Å². The molecule has 1 N–H and O–H groups in total. The molecule has 3 heteroatoms. The van der Waals surface area contributed by atoms with Crippen LogP contribution in [0.3, 0.4) is 0 Å². The number of aromatic amines is 1. The Bertz CT molecular complexity index is 286. The molecule has 0 saturated heterocycles. The number of hydrogen-bond donors (Lipinski definition) is 1. The van der Waals surface area contributed by atoms with E-state index in [0.29, 0.717) is 0 Å². The Hall–Kier alpha value is 0.495. The number of rotatable bonds is 0. The van der Waals surface area contributed by atoms with E-state index in [0.717, 1.165) is 10.9 Å². The normalized spacial score (nSPS) is 9.20. The molecule has 1 aromatic heterocycles. The van der Waals surface area contributed by atoms with Crippen molar-refractivity contribution in [3.8, 4) is 0 Å². The summed E-state index contributed by atoms with van der Waals surface area (Å²) < 4.78 is 0. The fourth-order valence-electron chi connectivity index (χ4n) is 0.827. The molecule has 0 spiro atoms. The van der Waals surface area contributed by atoms with Crippen LogP contribution in [0.1, 0.15) is 0 Å². The van der Waals surface area contributed by atoms with E-state index in [1.54, 1.807) is 0 Å². The molecule has 44 valence electrons. The predicted molar refractivity (Wildman–Crippen MR) is 34.9 cm³/mol. The zero-order chi connectivity index (χ0) is 6.10. The largest absolute Gasteiger partial charge is 1.00 e. The monoisotopic (exact) mass is 202 g/mol. The van der Waals surface area contributed by atoms with Gasteiger partial charge in [-0.3, -0.25) is 5.10 Å². The van der Waals surface area contributed by atoms with Crippen LogP contribution in [0, 0.1) is 6.20 Å². The molecule has 0 atom stereocenters. The number of benzene rings is 1. The Morgan fingerprint density at radius 2 is 2.10 bits per heavy atom. The van der Waals surface area contributed by atoms with E-state index in [9.17, 15) is 0 Å². The van der Waals surface area contributed by atoms with Gasteiger partial charge in [-0.15, -0.1) is 11.5 Å². The van der Waals surface area contributed by atoms with Gasteiger partial charge in [0, 0.05) is 0 Å². The molecule has 0 radical (unpaired) electrons. The Balaban J connectivity index is 0.000000500. The Labute approximate surface area is 108 Å². The smallest absolute Gasteiger partial charge is 0.344 e. The molecule has 2 rings (SSSR count). The minimum absolute atomic E-state index is 0. The van der Waals surface area contributed by atoms with E-state index in [4.69, 9.17) is 0 Å². The third-order valence-corrected chi connectivity index (χ3v) is 1.28. The second kappa shape index (κ2) is 3.76. The van der Waals surface area contributed by atoms with Gasteiger partial charge in [-0.2, -0.15) is 6.07 Å². The van der Waals surface area contributed by atoms with Crippen molar-refractivity contribution in [1.82, 2.24) is 10.2 Å². The van der Waals surface area contributed by atoms with Gasteiger partial charge in [0.1, 0.15) is 0 Å². The van der Waals surface area contributed by atoms with Gasteiger partial charge in [-0.25, -0.2) is 0 Å². The fraction of sp³-hybridized carbons (Fsp3) is 0. The summed E-state index contributed by atoms with van der Waals surface area (Å²) in [6, 6.07) is 7.88. The van der Waals surface area contributed by atoms with Gasteiger partial charge in [0.05, 0.1) is 0 Å². The minimum atomic E-state index is 0. The van der Waals surface area contributed by atoms with Gasteiger partial charge in [0.2, 0.25) is 0 Å². The van der Waals surface area contributed by atoms with Crippen molar-refractivity contribution in [2.75, 3.05) is 0 Å². The maximum absolute atomic E-state index is 3.75. The molecule has 0 bridgehead atoms. The summed E-state index contributed by atoms with van der Waals surface area (Å²) in [5.74, 6) is 0. The summed E-state index contributed by atoms with van der Waals surface area (Å²) in [5.41, 5.74) is 1.04. The minimum Gasteiger partial charge on any atom is -0.344 e. The molecule has 0 aliphatic rings. The first-order valence-electron chi connectivity index (χ1n) is 2.77. The van der Waals surface area contributed by atoms with Crippen molar-refractivity contribution in [2.24, 2.45) is 0 Å². The number of nitrogens with zero attached hydrogens (tertiary/aromatic N) is 1. The predicted octanol–water partition coefficient (Wildman–Crippen LogP) is -1.63. The number of H-pyrrole nitrogens is 1. The average Bonchev–Trinajstić information content (AvgIpc) is 2.33. The fourth-order valence-corrected chi connectivity index (χ4v) is 0.827. The van der Waals surface area contributed by atoms with Gasteiger partial charge in [0.25, 0.3) is 0 Å². The van der Waals surface area contributed by atoms with E-state index >= 15 is 0 Å². The molecule has 2 aromatic rings. The number of fused-ring (bicyclic) bond motifs is 1. The van der Waals surface area contributed by atoms with Crippen LogP contribution in [0.4, 0.5) is 0 Å². The SMILES string of the molecule is [Rb+].[c-]1n[nH]c2ccccc12. The van der Waals surface area contributed by atoms with Gasteiger partial charge >= 0.3 is 58.2 Å². The summed E-state index contributed by atoms with van der Waals surface area (Å²) in [5, 5.41) is 7.60. The second-order valence-corrected chi connectivity index (χ2v) is 1.88. The van der Waals surface area contributed by atoms with E-state index in [-0.39, 0.29) is 58.2 Å². The van der Waals surface area contributed by atoms with Crippen LogP contribution in [0.5, 0.6) is 0 Å². The van der Waals surface area contributed by atoms with E-state index in [1.165, 1.54) is 0 Å². The molecule has 0 aliphatic heterocycles. The molecular weight excluding hydrogens is 198 g/mol. The third-order valence-electron chi connectivity index (χ3n) is 1.28. The molecular formula is C7H5N2Rb. The summed E-state index contributed by atoms with van der Waals surface area (Å²) in [6.07, 6.45) is 2.81. The maximum atomic E-state index is 3.75. The molecule has 1 aromatic carbocycles. The van der Waals surface area contributed by atoms with Crippen LogP contribution in [-0.2, 0) is 0 Å². The molecule has 0 unspecified atom stereocenters. The molecule has 10 heavy (non-hydrogen) atoms. The van der Waals surface area contributed by atoms with Gasteiger partial charge in [0.15, 0.2) is 0 Å². The summed E-state index contributed by atoms with van der Waals surface area (Å²) in [7, 11) is 0. The van der Waals surface area contributed by atoms with Crippen LogP contribution in [0.25, 0.3) is 10.9 Å². The molecule has 0 saturated carbocycles. The van der Waals surface area contributed by atoms with E-state index < -0.39 is 0 Å². The number of hydrogen-bond acceptors (Lipinski definition) is 1. The average molecular weight is 203 g/mol. The van der Waals surface area contributed by atoms with Crippen molar-refractivity contribution >= 4 is 10.9 Å². The van der Waals surface area contributed by atoms with Crippen molar-refractivity contribution < 1.29 is 58.2 Å². The van der Waals surface area contributed by atoms with E-state index in [2.05, 4.69) is 16.4 Å². The summed E-state index contributed by atoms with van der Waals surface area (Å²) in [4.78, 5) is 0. The quantitative estimate of drug-likeness (QED) is 0.511. The molecule has 0 amide bonds. The van der Waals surface area contributed by atoms with Crippen molar-refractivity contribution in [3.05, 3.63) is 30.5 Å².